The molecule has 0 aliphatic heterocycles. The Morgan fingerprint density at radius 1 is 1.38 bits per heavy atom. The third-order valence-corrected chi connectivity index (χ3v) is 2.24. The Kier molecular flexibility index (Phi) is 2.47. The first kappa shape index (κ1) is 9.85. The molecule has 0 aromatic heterocycles. The zero-order chi connectivity index (χ0) is 10.1. The van der Waals surface area contributed by atoms with Crippen molar-refractivity contribution < 1.29 is 12.9 Å². The van der Waals surface area contributed by atoms with Gasteiger partial charge in [0.05, 0.1) is 0 Å². The summed E-state index contributed by atoms with van der Waals surface area (Å²) in [5.74, 6) is 0. The molecule has 0 bridgehead atoms. The van der Waals surface area contributed by atoms with E-state index in [9.17, 15) is 12.9 Å². The molecule has 0 aliphatic rings. The highest BCUT2D eigenvalue weighted by Gasteiger charge is 2.18. The number of benzene rings is 1. The van der Waals surface area contributed by atoms with Crippen LogP contribution in [0.25, 0.3) is 0 Å². The lowest BCUT2D eigenvalue weighted by atomic mass is 10.2. The summed E-state index contributed by atoms with van der Waals surface area (Å²) in [6.07, 6.45) is 0. The summed E-state index contributed by atoms with van der Waals surface area (Å²) < 4.78 is 29.3. The van der Waals surface area contributed by atoms with E-state index in [1.165, 1.54) is 12.1 Å². The molecule has 13 heavy (non-hydrogen) atoms. The molecule has 0 saturated heterocycles. The molecule has 1 atom stereocenters. The lowest BCUT2D eigenvalue weighted by Gasteiger charge is -1.97. The first-order valence-corrected chi connectivity index (χ1v) is 4.96. The first-order valence-electron chi connectivity index (χ1n) is 3.50. The van der Waals surface area contributed by atoms with Gasteiger partial charge in [-0.2, -0.15) is 0 Å². The Balaban J connectivity index is 3.12. The molecule has 3 nitrogen and oxygen atoms in total. The van der Waals surface area contributed by atoms with Gasteiger partial charge < -0.3 is 0 Å². The van der Waals surface area contributed by atoms with Crippen LogP contribution in [-0.2, 0) is 10.1 Å². The SMILES string of the molecule is Cc1ccc(C(=O)S(=N)(=O)F)cc1. The van der Waals surface area contributed by atoms with Gasteiger partial charge in [-0.1, -0.05) is 29.8 Å². The summed E-state index contributed by atoms with van der Waals surface area (Å²) in [5.41, 5.74) is 0.875. The highest BCUT2D eigenvalue weighted by molar-refractivity contribution is 8.03. The van der Waals surface area contributed by atoms with Crippen molar-refractivity contribution in [2.24, 2.45) is 0 Å². The number of hydrogen-bond acceptors (Lipinski definition) is 3. The summed E-state index contributed by atoms with van der Waals surface area (Å²) >= 11 is 0. The Labute approximate surface area is 75.9 Å². The van der Waals surface area contributed by atoms with E-state index in [1.54, 1.807) is 12.1 Å². The minimum atomic E-state index is -4.61. The minimum absolute atomic E-state index is 0.0342. The van der Waals surface area contributed by atoms with Crippen molar-refractivity contribution in [3.8, 4) is 0 Å². The molecule has 0 heterocycles. The van der Waals surface area contributed by atoms with E-state index in [2.05, 4.69) is 0 Å². The molecule has 1 N–H and O–H groups in total. The maximum Gasteiger partial charge on any atom is 0.287 e. The van der Waals surface area contributed by atoms with E-state index in [4.69, 9.17) is 4.78 Å². The predicted octanol–water partition coefficient (Wildman–Crippen LogP) is 2.07. The number of aryl methyl sites for hydroxylation is 1. The van der Waals surface area contributed by atoms with Crippen molar-refractivity contribution in [3.63, 3.8) is 0 Å². The molecular weight excluding hydrogens is 193 g/mol. The van der Waals surface area contributed by atoms with Crippen molar-refractivity contribution in [3.05, 3.63) is 35.4 Å². The molecule has 1 aromatic carbocycles. The van der Waals surface area contributed by atoms with Crippen LogP contribution in [0.1, 0.15) is 15.9 Å². The number of halogens is 1. The zero-order valence-corrected chi connectivity index (χ0v) is 7.73. The van der Waals surface area contributed by atoms with Crippen LogP contribution in [0.5, 0.6) is 0 Å². The van der Waals surface area contributed by atoms with Crippen LogP contribution in [0.15, 0.2) is 24.3 Å². The number of nitrogens with one attached hydrogen (secondary N) is 1. The van der Waals surface area contributed by atoms with Crippen LogP contribution >= 0.6 is 0 Å². The van der Waals surface area contributed by atoms with Crippen LogP contribution < -0.4 is 0 Å². The topological polar surface area (TPSA) is 58.0 Å². The fourth-order valence-electron chi connectivity index (χ4n) is 0.841. The maximum absolute atomic E-state index is 12.4. The van der Waals surface area contributed by atoms with E-state index in [1.807, 2.05) is 6.92 Å². The van der Waals surface area contributed by atoms with Gasteiger partial charge in [0.1, 0.15) is 0 Å². The molecule has 0 fully saturated rings. The number of hydrogen-bond donors (Lipinski definition) is 1. The Hall–Kier alpha value is -1.23. The van der Waals surface area contributed by atoms with Gasteiger partial charge in [-0.25, -0.2) is 8.99 Å². The molecule has 5 heteroatoms. The molecule has 0 radical (unpaired) electrons. The summed E-state index contributed by atoms with van der Waals surface area (Å²) in [4.78, 5) is 10.9. The monoisotopic (exact) mass is 201 g/mol. The van der Waals surface area contributed by atoms with Crippen LogP contribution in [0, 0.1) is 11.7 Å². The van der Waals surface area contributed by atoms with E-state index in [0.717, 1.165) is 5.56 Å². The second-order valence-electron chi connectivity index (χ2n) is 2.64. The lowest BCUT2D eigenvalue weighted by molar-refractivity contribution is 0.107. The fourth-order valence-corrected chi connectivity index (χ4v) is 1.28. The van der Waals surface area contributed by atoms with Crippen LogP contribution in [0.3, 0.4) is 0 Å². The van der Waals surface area contributed by atoms with Crippen LogP contribution in [-0.4, -0.2) is 9.32 Å². The summed E-state index contributed by atoms with van der Waals surface area (Å²) in [6, 6.07) is 5.90. The van der Waals surface area contributed by atoms with Crippen molar-refractivity contribution in [1.29, 1.82) is 4.78 Å². The lowest BCUT2D eigenvalue weighted by Crippen LogP contribution is -2.07. The van der Waals surface area contributed by atoms with Crippen molar-refractivity contribution in [2.75, 3.05) is 0 Å². The number of carbonyl (C=O) groups excluding carboxylic acids is 1. The molecule has 70 valence electrons. The van der Waals surface area contributed by atoms with Crippen LogP contribution in [0.4, 0.5) is 3.89 Å². The third-order valence-electron chi connectivity index (χ3n) is 1.53. The molecule has 1 rings (SSSR count). The van der Waals surface area contributed by atoms with Gasteiger partial charge in [0.25, 0.3) is 15.2 Å². The Morgan fingerprint density at radius 2 is 1.85 bits per heavy atom. The largest absolute Gasteiger partial charge is 0.287 e. The smallest absolute Gasteiger partial charge is 0.275 e. The Bertz CT molecular complexity index is 422. The van der Waals surface area contributed by atoms with Gasteiger partial charge in [-0.05, 0) is 6.92 Å². The molecule has 1 unspecified atom stereocenters. The maximum atomic E-state index is 12.4. The highest BCUT2D eigenvalue weighted by Crippen LogP contribution is 2.09. The first-order chi connectivity index (χ1) is 5.91. The summed E-state index contributed by atoms with van der Waals surface area (Å²) in [6.45, 7) is 1.81. The molecular formula is C8H8FNO2S. The summed E-state index contributed by atoms with van der Waals surface area (Å²) in [7, 11) is -4.61. The Morgan fingerprint density at radius 3 is 2.23 bits per heavy atom. The van der Waals surface area contributed by atoms with Crippen molar-refractivity contribution in [2.45, 2.75) is 6.92 Å². The fraction of sp³-hybridized carbons (Fsp3) is 0.125. The van der Waals surface area contributed by atoms with Crippen molar-refractivity contribution in [1.82, 2.24) is 0 Å². The molecule has 0 amide bonds. The minimum Gasteiger partial charge on any atom is -0.275 e. The van der Waals surface area contributed by atoms with Crippen molar-refractivity contribution >= 4 is 15.2 Å². The van der Waals surface area contributed by atoms with E-state index in [0.29, 0.717) is 0 Å². The molecule has 0 aliphatic carbocycles. The van der Waals surface area contributed by atoms with Gasteiger partial charge in [-0.3, -0.25) is 4.79 Å². The van der Waals surface area contributed by atoms with E-state index < -0.39 is 15.2 Å². The third kappa shape index (κ3) is 2.35. The second-order valence-corrected chi connectivity index (χ2v) is 3.98. The quantitative estimate of drug-likeness (QED) is 0.707. The number of carbonyl (C=O) groups is 1. The highest BCUT2D eigenvalue weighted by atomic mass is 32.3. The average Bonchev–Trinajstić information content (AvgIpc) is 2.03. The van der Waals surface area contributed by atoms with E-state index >= 15 is 0 Å². The standard InChI is InChI=1S/C8H8FNO2S/c1-6-2-4-7(5-3-6)8(11)13(9,10)12/h2-5,10H,1H3. The molecule has 1 aromatic rings. The van der Waals surface area contributed by atoms with Gasteiger partial charge in [0.2, 0.25) is 0 Å². The van der Waals surface area contributed by atoms with E-state index in [-0.39, 0.29) is 5.56 Å². The van der Waals surface area contributed by atoms with Gasteiger partial charge in [0.15, 0.2) is 0 Å². The molecule has 0 saturated carbocycles. The van der Waals surface area contributed by atoms with Gasteiger partial charge in [-0.15, -0.1) is 3.89 Å². The summed E-state index contributed by atoms with van der Waals surface area (Å²) in [5, 5.41) is -1.27. The van der Waals surface area contributed by atoms with Gasteiger partial charge in [0, 0.05) is 5.56 Å². The number of rotatable bonds is 1. The second kappa shape index (κ2) is 3.26. The zero-order valence-electron chi connectivity index (χ0n) is 6.91. The van der Waals surface area contributed by atoms with Gasteiger partial charge >= 0.3 is 0 Å². The van der Waals surface area contributed by atoms with Crippen LogP contribution in [0.2, 0.25) is 0 Å². The molecule has 0 spiro atoms. The average molecular weight is 201 g/mol. The predicted molar refractivity (Wildman–Crippen MR) is 47.5 cm³/mol. The normalized spacial score (nSPS) is 14.9.